The van der Waals surface area contributed by atoms with Gasteiger partial charge >= 0.3 is 0 Å². The highest BCUT2D eigenvalue weighted by molar-refractivity contribution is 8.00. The van der Waals surface area contributed by atoms with Gasteiger partial charge in [-0.25, -0.2) is 0 Å². The number of thioether (sulfide) groups is 1. The number of furan rings is 1. The molecule has 2 amide bonds. The molecular formula is C18H20N2O3S. The third-order valence-corrected chi connectivity index (χ3v) is 5.23. The molecule has 0 saturated carbocycles. The Morgan fingerprint density at radius 3 is 2.83 bits per heavy atom. The number of nitrogens with zero attached hydrogens (tertiary/aromatic N) is 2. The van der Waals surface area contributed by atoms with Crippen LogP contribution in [0.2, 0.25) is 0 Å². The van der Waals surface area contributed by atoms with Crippen LogP contribution in [0, 0.1) is 0 Å². The Balaban J connectivity index is 1.76. The van der Waals surface area contributed by atoms with Crippen LogP contribution in [0.4, 0.5) is 5.69 Å². The number of para-hydroxylation sites is 1. The molecule has 1 aromatic heterocycles. The Hall–Kier alpha value is -2.21. The summed E-state index contributed by atoms with van der Waals surface area (Å²) in [6.07, 6.45) is 2.37. The lowest BCUT2D eigenvalue weighted by Crippen LogP contribution is -2.41. The molecule has 1 aliphatic heterocycles. The minimum atomic E-state index is -0.292. The van der Waals surface area contributed by atoms with Gasteiger partial charge in [0, 0.05) is 23.7 Å². The van der Waals surface area contributed by atoms with Gasteiger partial charge in [-0.15, -0.1) is 11.8 Å². The summed E-state index contributed by atoms with van der Waals surface area (Å²) < 4.78 is 5.11. The zero-order valence-electron chi connectivity index (χ0n) is 13.8. The summed E-state index contributed by atoms with van der Waals surface area (Å²) in [7, 11) is 1.61. The Bertz CT molecular complexity index is 730. The number of hydrogen-bond acceptors (Lipinski definition) is 4. The van der Waals surface area contributed by atoms with Crippen molar-refractivity contribution in [3.63, 3.8) is 0 Å². The molecule has 3 rings (SSSR count). The number of hydrogen-bond donors (Lipinski definition) is 0. The predicted octanol–water partition coefficient (Wildman–Crippen LogP) is 3.27. The van der Waals surface area contributed by atoms with E-state index in [-0.39, 0.29) is 24.1 Å². The maximum absolute atomic E-state index is 12.8. The normalized spacial score (nSPS) is 17.1. The molecule has 6 heteroatoms. The first-order valence-corrected chi connectivity index (χ1v) is 8.79. The van der Waals surface area contributed by atoms with Crippen LogP contribution < -0.4 is 4.90 Å². The molecule has 0 radical (unpaired) electrons. The van der Waals surface area contributed by atoms with Crippen molar-refractivity contribution < 1.29 is 14.0 Å². The van der Waals surface area contributed by atoms with Gasteiger partial charge in [-0.3, -0.25) is 9.59 Å². The summed E-state index contributed by atoms with van der Waals surface area (Å²) in [5.74, 6) is -0.135. The lowest BCUT2D eigenvalue weighted by molar-refractivity contribution is -0.119. The van der Waals surface area contributed by atoms with E-state index >= 15 is 0 Å². The highest BCUT2D eigenvalue weighted by atomic mass is 32.2. The lowest BCUT2D eigenvalue weighted by atomic mass is 10.2. The van der Waals surface area contributed by atoms with Crippen LogP contribution in [0.15, 0.2) is 52.0 Å². The number of carbonyl (C=O) groups is 2. The lowest BCUT2D eigenvalue weighted by Gasteiger charge is -2.25. The van der Waals surface area contributed by atoms with Crippen LogP contribution in [-0.4, -0.2) is 42.1 Å². The van der Waals surface area contributed by atoms with Crippen LogP contribution in [0.1, 0.15) is 23.9 Å². The standard InChI is InChI=1S/C18H20N2O3S/c1-13-9-10-20(14-6-3-4-8-16(14)24-13)17(21)12-19(2)18(22)15-7-5-11-23-15/h3-8,11,13H,9-10,12H2,1-2H3. The van der Waals surface area contributed by atoms with Gasteiger partial charge in [0.1, 0.15) is 6.54 Å². The van der Waals surface area contributed by atoms with E-state index < -0.39 is 0 Å². The van der Waals surface area contributed by atoms with Crippen molar-refractivity contribution in [1.29, 1.82) is 0 Å². The smallest absolute Gasteiger partial charge is 0.289 e. The molecule has 0 aliphatic carbocycles. The molecule has 1 atom stereocenters. The number of amides is 2. The minimum Gasteiger partial charge on any atom is -0.459 e. The van der Waals surface area contributed by atoms with E-state index in [1.165, 1.54) is 11.2 Å². The molecule has 0 fully saturated rings. The quantitative estimate of drug-likeness (QED) is 0.857. The van der Waals surface area contributed by atoms with Crippen molar-refractivity contribution >= 4 is 29.3 Å². The highest BCUT2D eigenvalue weighted by Gasteiger charge is 2.26. The topological polar surface area (TPSA) is 53.8 Å². The first-order chi connectivity index (χ1) is 11.6. The SMILES string of the molecule is CC1CCN(C(=O)CN(C)C(=O)c2ccco2)c2ccccc2S1. The third kappa shape index (κ3) is 3.48. The van der Waals surface area contributed by atoms with E-state index in [2.05, 4.69) is 6.92 Å². The van der Waals surface area contributed by atoms with Crippen LogP contribution in [0.5, 0.6) is 0 Å². The molecule has 1 aliphatic rings. The van der Waals surface area contributed by atoms with E-state index in [4.69, 9.17) is 4.42 Å². The number of rotatable bonds is 3. The fraction of sp³-hybridized carbons (Fsp3) is 0.333. The Morgan fingerprint density at radius 1 is 1.29 bits per heavy atom. The van der Waals surface area contributed by atoms with Crippen LogP contribution >= 0.6 is 11.8 Å². The van der Waals surface area contributed by atoms with Gasteiger partial charge in [-0.1, -0.05) is 19.1 Å². The van der Waals surface area contributed by atoms with Gasteiger partial charge in [0.2, 0.25) is 5.91 Å². The van der Waals surface area contributed by atoms with Crippen molar-refractivity contribution in [2.45, 2.75) is 23.5 Å². The van der Waals surface area contributed by atoms with Crippen LogP contribution in [0.3, 0.4) is 0 Å². The molecule has 0 N–H and O–H groups in total. The molecule has 2 heterocycles. The molecule has 0 saturated heterocycles. The summed E-state index contributed by atoms with van der Waals surface area (Å²) in [6.45, 7) is 2.85. The second kappa shape index (κ2) is 7.13. The van der Waals surface area contributed by atoms with Gasteiger partial charge in [0.15, 0.2) is 5.76 Å². The second-order valence-electron chi connectivity index (χ2n) is 5.87. The zero-order valence-corrected chi connectivity index (χ0v) is 14.6. The van der Waals surface area contributed by atoms with Crippen molar-refractivity contribution in [1.82, 2.24) is 4.90 Å². The third-order valence-electron chi connectivity index (χ3n) is 4.00. The first-order valence-electron chi connectivity index (χ1n) is 7.91. The van der Waals surface area contributed by atoms with Crippen molar-refractivity contribution in [2.75, 3.05) is 25.0 Å². The molecule has 5 nitrogen and oxygen atoms in total. The van der Waals surface area contributed by atoms with Gasteiger partial charge in [0.05, 0.1) is 12.0 Å². The highest BCUT2D eigenvalue weighted by Crippen LogP contribution is 2.37. The van der Waals surface area contributed by atoms with Crippen LogP contribution in [0.25, 0.3) is 0 Å². The van der Waals surface area contributed by atoms with Gasteiger partial charge in [0.25, 0.3) is 5.91 Å². The number of carbonyl (C=O) groups excluding carboxylic acids is 2. The minimum absolute atomic E-state index is 0.0207. The number of fused-ring (bicyclic) bond motifs is 1. The first kappa shape index (κ1) is 16.6. The molecule has 0 bridgehead atoms. The molecule has 1 aromatic carbocycles. The fourth-order valence-electron chi connectivity index (χ4n) is 2.69. The monoisotopic (exact) mass is 344 g/mol. The maximum Gasteiger partial charge on any atom is 0.289 e. The van der Waals surface area contributed by atoms with Gasteiger partial charge < -0.3 is 14.2 Å². The Morgan fingerprint density at radius 2 is 2.08 bits per heavy atom. The van der Waals surface area contributed by atoms with E-state index in [1.54, 1.807) is 35.8 Å². The molecule has 1 unspecified atom stereocenters. The van der Waals surface area contributed by atoms with E-state index in [0.29, 0.717) is 11.8 Å². The summed E-state index contributed by atoms with van der Waals surface area (Å²) in [5, 5.41) is 0.450. The number of likely N-dealkylation sites (N-methyl/N-ethyl adjacent to an activating group) is 1. The van der Waals surface area contributed by atoms with Gasteiger partial charge in [-0.05, 0) is 30.7 Å². The number of anilines is 1. The van der Waals surface area contributed by atoms with E-state index in [1.807, 2.05) is 24.3 Å². The molecule has 2 aromatic rings. The summed E-state index contributed by atoms with van der Waals surface area (Å²) >= 11 is 1.79. The average molecular weight is 344 g/mol. The molecule has 24 heavy (non-hydrogen) atoms. The van der Waals surface area contributed by atoms with E-state index in [0.717, 1.165) is 17.0 Å². The second-order valence-corrected chi connectivity index (χ2v) is 7.35. The predicted molar refractivity (Wildman–Crippen MR) is 94.4 cm³/mol. The summed E-state index contributed by atoms with van der Waals surface area (Å²) in [5.41, 5.74) is 0.927. The van der Waals surface area contributed by atoms with Crippen molar-refractivity contribution in [3.05, 3.63) is 48.4 Å². The fourth-order valence-corrected chi connectivity index (χ4v) is 3.81. The molecule has 0 spiro atoms. The van der Waals surface area contributed by atoms with E-state index in [9.17, 15) is 9.59 Å². The largest absolute Gasteiger partial charge is 0.459 e. The summed E-state index contributed by atoms with van der Waals surface area (Å²) in [6, 6.07) is 11.2. The van der Waals surface area contributed by atoms with Gasteiger partial charge in [-0.2, -0.15) is 0 Å². The average Bonchev–Trinajstić information content (AvgIpc) is 3.04. The maximum atomic E-state index is 12.8. The Labute approximate surface area is 145 Å². The molecular weight excluding hydrogens is 324 g/mol. The molecule has 126 valence electrons. The van der Waals surface area contributed by atoms with Crippen LogP contribution in [-0.2, 0) is 4.79 Å². The zero-order chi connectivity index (χ0) is 17.1. The Kier molecular flexibility index (Phi) is 4.94. The number of benzene rings is 1. The van der Waals surface area contributed by atoms with Crippen molar-refractivity contribution in [2.24, 2.45) is 0 Å². The van der Waals surface area contributed by atoms with Crippen molar-refractivity contribution in [3.8, 4) is 0 Å². The summed E-state index contributed by atoms with van der Waals surface area (Å²) in [4.78, 5) is 29.3.